The number of pyridine rings is 1. The van der Waals surface area contributed by atoms with E-state index in [-0.39, 0.29) is 19.0 Å². The van der Waals surface area contributed by atoms with Crippen LogP contribution in [0.25, 0.3) is 0 Å². The number of nitriles is 1. The van der Waals surface area contributed by atoms with Crippen LogP contribution in [0, 0.1) is 23.0 Å². The van der Waals surface area contributed by atoms with Crippen LogP contribution < -0.4 is 4.74 Å². The van der Waals surface area contributed by atoms with Gasteiger partial charge >= 0.3 is 0 Å². The van der Waals surface area contributed by atoms with Crippen LogP contribution in [0.15, 0.2) is 41.4 Å². The second-order valence-electron chi connectivity index (χ2n) is 5.44. The summed E-state index contributed by atoms with van der Waals surface area (Å²) in [4.78, 5) is 3.01. The van der Waals surface area contributed by atoms with Gasteiger partial charge in [-0.3, -0.25) is 0 Å². The summed E-state index contributed by atoms with van der Waals surface area (Å²) in [5.41, 5.74) is 0.362. The molecule has 1 aromatic carbocycles. The Morgan fingerprint density at radius 1 is 1.28 bits per heavy atom. The van der Waals surface area contributed by atoms with Crippen molar-refractivity contribution in [3.05, 3.63) is 53.7 Å². The molecule has 0 amide bonds. The number of rotatable bonds is 4. The molecule has 1 aliphatic heterocycles. The van der Waals surface area contributed by atoms with Crippen LogP contribution >= 0.6 is 0 Å². The van der Waals surface area contributed by atoms with Crippen molar-refractivity contribution in [3.8, 4) is 11.9 Å². The van der Waals surface area contributed by atoms with Gasteiger partial charge in [0.25, 0.3) is 0 Å². The van der Waals surface area contributed by atoms with Gasteiger partial charge < -0.3 is 4.74 Å². The lowest BCUT2D eigenvalue weighted by atomic mass is 10.3. The molecule has 0 saturated carbocycles. The number of aromatic nitrogens is 1. The highest BCUT2D eigenvalue weighted by Gasteiger charge is 2.37. The summed E-state index contributed by atoms with van der Waals surface area (Å²) in [6.45, 7) is 0.00723. The highest BCUT2D eigenvalue weighted by molar-refractivity contribution is 7.89. The third kappa shape index (κ3) is 3.45. The molecule has 130 valence electrons. The first-order chi connectivity index (χ1) is 11.9. The van der Waals surface area contributed by atoms with Crippen molar-refractivity contribution < 1.29 is 21.9 Å². The second kappa shape index (κ2) is 6.74. The van der Waals surface area contributed by atoms with Gasteiger partial charge in [0.05, 0.1) is 18.2 Å². The van der Waals surface area contributed by atoms with Gasteiger partial charge in [0.1, 0.15) is 17.7 Å². The first-order valence-electron chi connectivity index (χ1n) is 7.39. The first kappa shape index (κ1) is 17.3. The van der Waals surface area contributed by atoms with Crippen molar-refractivity contribution in [1.82, 2.24) is 9.29 Å². The van der Waals surface area contributed by atoms with Crippen LogP contribution in [0.2, 0.25) is 0 Å². The molecule has 1 fully saturated rings. The average Bonchev–Trinajstić information content (AvgIpc) is 3.04. The summed E-state index contributed by atoms with van der Waals surface area (Å²) in [5, 5.41) is 8.86. The standard InChI is InChI=1S/C16H13F2N3O3S/c17-13-2-1-3-14(18)16(13)25(22,23)21-7-5-12(10-21)24-15-8-11(9-19)4-6-20-15/h1-4,6,8,12H,5,7,10H2. The zero-order valence-electron chi connectivity index (χ0n) is 12.9. The van der Waals surface area contributed by atoms with E-state index in [0.717, 1.165) is 22.5 Å². The Morgan fingerprint density at radius 3 is 2.68 bits per heavy atom. The molecule has 0 bridgehead atoms. The van der Waals surface area contributed by atoms with Crippen LogP contribution in [0.4, 0.5) is 8.78 Å². The van der Waals surface area contributed by atoms with Gasteiger partial charge in [-0.2, -0.15) is 9.57 Å². The molecule has 1 atom stereocenters. The second-order valence-corrected chi connectivity index (χ2v) is 7.31. The van der Waals surface area contributed by atoms with Crippen molar-refractivity contribution >= 4 is 10.0 Å². The molecular formula is C16H13F2N3O3S. The quantitative estimate of drug-likeness (QED) is 0.828. The van der Waals surface area contributed by atoms with Crippen LogP contribution in [0.3, 0.4) is 0 Å². The fraction of sp³-hybridized carbons (Fsp3) is 0.250. The van der Waals surface area contributed by atoms with Crippen LogP contribution in [0.5, 0.6) is 5.88 Å². The van der Waals surface area contributed by atoms with Crippen LogP contribution in [0.1, 0.15) is 12.0 Å². The van der Waals surface area contributed by atoms with Gasteiger partial charge in [-0.15, -0.1) is 0 Å². The monoisotopic (exact) mass is 365 g/mol. The molecule has 0 N–H and O–H groups in total. The number of hydrogen-bond acceptors (Lipinski definition) is 5. The Morgan fingerprint density at radius 2 is 2.00 bits per heavy atom. The summed E-state index contributed by atoms with van der Waals surface area (Å²) >= 11 is 0. The molecule has 1 saturated heterocycles. The number of hydrogen-bond donors (Lipinski definition) is 0. The van der Waals surface area contributed by atoms with Crippen LogP contribution in [-0.2, 0) is 10.0 Å². The predicted octanol–water partition coefficient (Wildman–Crippen LogP) is 2.07. The number of halogens is 2. The fourth-order valence-electron chi connectivity index (χ4n) is 2.58. The van der Waals surface area contributed by atoms with E-state index in [1.165, 1.54) is 18.3 Å². The summed E-state index contributed by atoms with van der Waals surface area (Å²) in [6.07, 6.45) is 1.23. The van der Waals surface area contributed by atoms with E-state index < -0.39 is 32.7 Å². The van der Waals surface area contributed by atoms with Crippen LogP contribution in [-0.4, -0.2) is 36.9 Å². The van der Waals surface area contributed by atoms with E-state index in [1.807, 2.05) is 6.07 Å². The SMILES string of the molecule is N#Cc1ccnc(OC2CCN(S(=O)(=O)c3c(F)cccc3F)C2)c1. The first-order valence-corrected chi connectivity index (χ1v) is 8.83. The van der Waals surface area contributed by atoms with Gasteiger partial charge in [-0.05, 0) is 24.6 Å². The maximum absolute atomic E-state index is 13.8. The summed E-state index contributed by atoms with van der Waals surface area (Å²) < 4.78 is 59.2. The predicted molar refractivity (Wildman–Crippen MR) is 83.1 cm³/mol. The third-order valence-corrected chi connectivity index (χ3v) is 5.69. The molecule has 0 spiro atoms. The van der Waals surface area contributed by atoms with E-state index in [9.17, 15) is 17.2 Å². The maximum Gasteiger partial charge on any atom is 0.249 e. The van der Waals surface area contributed by atoms with Gasteiger partial charge in [-0.1, -0.05) is 6.07 Å². The lowest BCUT2D eigenvalue weighted by Gasteiger charge is -2.17. The summed E-state index contributed by atoms with van der Waals surface area (Å²) in [5.74, 6) is -2.07. The molecule has 2 aromatic rings. The molecule has 0 radical (unpaired) electrons. The molecular weight excluding hydrogens is 352 g/mol. The molecule has 0 aliphatic carbocycles. The third-order valence-electron chi connectivity index (χ3n) is 3.78. The number of sulfonamides is 1. The van der Waals surface area contributed by atoms with E-state index in [1.54, 1.807) is 0 Å². The molecule has 25 heavy (non-hydrogen) atoms. The van der Waals surface area contributed by atoms with E-state index >= 15 is 0 Å². The van der Waals surface area contributed by atoms with Crippen molar-refractivity contribution in [2.24, 2.45) is 0 Å². The average molecular weight is 365 g/mol. The summed E-state index contributed by atoms with van der Waals surface area (Å²) in [7, 11) is -4.31. The largest absolute Gasteiger partial charge is 0.473 e. The smallest absolute Gasteiger partial charge is 0.249 e. The molecule has 1 unspecified atom stereocenters. The zero-order chi connectivity index (χ0) is 18.0. The van der Waals surface area contributed by atoms with Gasteiger partial charge in [-0.25, -0.2) is 22.2 Å². The Hall–Kier alpha value is -2.57. The summed E-state index contributed by atoms with van der Waals surface area (Å²) in [6, 6.07) is 7.81. The fourth-order valence-corrected chi connectivity index (χ4v) is 4.18. The zero-order valence-corrected chi connectivity index (χ0v) is 13.7. The van der Waals surface area contributed by atoms with Gasteiger partial charge in [0.2, 0.25) is 15.9 Å². The maximum atomic E-state index is 13.8. The van der Waals surface area contributed by atoms with Crippen molar-refractivity contribution in [2.75, 3.05) is 13.1 Å². The number of benzene rings is 1. The van der Waals surface area contributed by atoms with Crippen molar-refractivity contribution in [3.63, 3.8) is 0 Å². The van der Waals surface area contributed by atoms with E-state index in [4.69, 9.17) is 10.00 Å². The Balaban J connectivity index is 1.77. The molecule has 1 aliphatic rings. The highest BCUT2D eigenvalue weighted by atomic mass is 32.2. The lowest BCUT2D eigenvalue weighted by Crippen LogP contribution is -2.32. The minimum absolute atomic E-state index is 0.0609. The topological polar surface area (TPSA) is 83.3 Å². The molecule has 1 aromatic heterocycles. The van der Waals surface area contributed by atoms with E-state index in [0.29, 0.717) is 12.0 Å². The lowest BCUT2D eigenvalue weighted by molar-refractivity contribution is 0.207. The van der Waals surface area contributed by atoms with Crippen molar-refractivity contribution in [1.29, 1.82) is 5.26 Å². The molecule has 2 heterocycles. The molecule has 6 nitrogen and oxygen atoms in total. The number of ether oxygens (including phenoxy) is 1. The highest BCUT2D eigenvalue weighted by Crippen LogP contribution is 2.27. The normalized spacial score (nSPS) is 18.0. The van der Waals surface area contributed by atoms with Gasteiger partial charge in [0, 0.05) is 18.8 Å². The number of nitrogens with zero attached hydrogens (tertiary/aromatic N) is 3. The van der Waals surface area contributed by atoms with E-state index in [2.05, 4.69) is 4.98 Å². The van der Waals surface area contributed by atoms with Gasteiger partial charge in [0.15, 0.2) is 4.90 Å². The Labute approximate surface area is 143 Å². The Bertz CT molecular complexity index is 924. The van der Waals surface area contributed by atoms with Crippen molar-refractivity contribution in [2.45, 2.75) is 17.4 Å². The minimum Gasteiger partial charge on any atom is -0.473 e. The Kier molecular flexibility index (Phi) is 4.65. The molecule has 3 rings (SSSR count). The minimum atomic E-state index is -4.31. The molecule has 9 heteroatoms.